The minimum atomic E-state index is -4.01. The topological polar surface area (TPSA) is 43.4 Å². The summed E-state index contributed by atoms with van der Waals surface area (Å²) < 4.78 is 60.4. The molecule has 1 fully saturated rings. The Kier molecular flexibility index (Phi) is 4.44. The first-order chi connectivity index (χ1) is 12.4. The third-order valence-electron chi connectivity index (χ3n) is 5.11. The summed E-state index contributed by atoms with van der Waals surface area (Å²) in [5, 5.41) is 0.404. The third-order valence-corrected chi connectivity index (χ3v) is 9.09. The van der Waals surface area contributed by atoms with Crippen LogP contribution in [0, 0.1) is 17.6 Å². The Morgan fingerprint density at radius 2 is 1.81 bits per heavy atom. The zero-order valence-corrected chi connectivity index (χ0v) is 15.9. The van der Waals surface area contributed by atoms with E-state index in [2.05, 4.69) is 0 Å². The van der Waals surface area contributed by atoms with Crippen molar-refractivity contribution in [3.8, 4) is 5.75 Å². The van der Waals surface area contributed by atoms with E-state index in [0.717, 1.165) is 12.1 Å². The van der Waals surface area contributed by atoms with Crippen molar-refractivity contribution < 1.29 is 21.9 Å². The van der Waals surface area contributed by atoms with E-state index >= 15 is 0 Å². The minimum absolute atomic E-state index is 0.0349. The van der Waals surface area contributed by atoms with Gasteiger partial charge in [-0.05, 0) is 48.6 Å². The van der Waals surface area contributed by atoms with Gasteiger partial charge in [0.25, 0.3) is 0 Å². The van der Waals surface area contributed by atoms with Gasteiger partial charge in [-0.2, -0.15) is 11.8 Å². The molecule has 1 saturated heterocycles. The van der Waals surface area contributed by atoms with E-state index in [1.807, 2.05) is 0 Å². The number of hydrogen-bond donors (Lipinski definition) is 0. The summed E-state index contributed by atoms with van der Waals surface area (Å²) in [5.74, 6) is -1.21. The van der Waals surface area contributed by atoms with Gasteiger partial charge in [0, 0.05) is 16.7 Å². The Labute approximate surface area is 159 Å². The molecule has 2 heterocycles. The maximum atomic E-state index is 14.8. The SMILES string of the molecule is O=S(=O)(c1ccc(Cl)cc1)[C@@]12CCSCC1COc1c(F)ccc(F)c12. The lowest BCUT2D eigenvalue weighted by molar-refractivity contribution is 0.169. The van der Waals surface area contributed by atoms with Gasteiger partial charge in [0.05, 0.1) is 17.1 Å². The van der Waals surface area contributed by atoms with Gasteiger partial charge in [0.1, 0.15) is 10.6 Å². The van der Waals surface area contributed by atoms with Gasteiger partial charge >= 0.3 is 0 Å². The Bertz CT molecular complexity index is 963. The fourth-order valence-electron chi connectivity index (χ4n) is 3.86. The number of halogens is 3. The number of rotatable bonds is 2. The molecule has 0 amide bonds. The maximum absolute atomic E-state index is 14.8. The fourth-order valence-corrected chi connectivity index (χ4v) is 7.86. The molecular formula is C18H15ClF2O3S2. The molecule has 0 bridgehead atoms. The van der Waals surface area contributed by atoms with Gasteiger partial charge < -0.3 is 4.74 Å². The van der Waals surface area contributed by atoms with Crippen molar-refractivity contribution in [2.45, 2.75) is 16.1 Å². The molecular weight excluding hydrogens is 402 g/mol. The molecule has 2 aromatic rings. The molecule has 0 radical (unpaired) electrons. The molecule has 2 atom stereocenters. The molecule has 2 aliphatic heterocycles. The van der Waals surface area contributed by atoms with Crippen molar-refractivity contribution in [3.05, 3.63) is 58.6 Å². The average Bonchev–Trinajstić information content (AvgIpc) is 2.64. The Hall–Kier alpha value is -1.31. The zero-order valence-electron chi connectivity index (χ0n) is 13.5. The molecule has 26 heavy (non-hydrogen) atoms. The zero-order chi connectivity index (χ0) is 18.5. The Morgan fingerprint density at radius 1 is 1.12 bits per heavy atom. The smallest absolute Gasteiger partial charge is 0.188 e. The molecule has 0 aromatic heterocycles. The van der Waals surface area contributed by atoms with E-state index in [1.54, 1.807) is 11.8 Å². The van der Waals surface area contributed by atoms with Crippen LogP contribution in [0.1, 0.15) is 12.0 Å². The molecule has 0 saturated carbocycles. The van der Waals surface area contributed by atoms with Crippen LogP contribution in [0.25, 0.3) is 0 Å². The van der Waals surface area contributed by atoms with E-state index in [9.17, 15) is 17.2 Å². The predicted molar refractivity (Wildman–Crippen MR) is 97.6 cm³/mol. The van der Waals surface area contributed by atoms with Crippen molar-refractivity contribution in [1.29, 1.82) is 0 Å². The van der Waals surface area contributed by atoms with Crippen LogP contribution in [0.15, 0.2) is 41.3 Å². The summed E-state index contributed by atoms with van der Waals surface area (Å²) in [6, 6.07) is 7.74. The van der Waals surface area contributed by atoms with Crippen LogP contribution < -0.4 is 4.74 Å². The predicted octanol–water partition coefficient (Wildman–Crippen LogP) is 4.43. The lowest BCUT2D eigenvalue weighted by Crippen LogP contribution is -2.52. The summed E-state index contributed by atoms with van der Waals surface area (Å²) in [5.41, 5.74) is -0.177. The molecule has 2 aliphatic rings. The molecule has 0 aliphatic carbocycles. The second-order valence-electron chi connectivity index (χ2n) is 6.41. The van der Waals surface area contributed by atoms with Crippen LogP contribution >= 0.6 is 23.4 Å². The lowest BCUT2D eigenvalue weighted by Gasteiger charge is -2.46. The molecule has 0 N–H and O–H groups in total. The van der Waals surface area contributed by atoms with Crippen LogP contribution in [0.5, 0.6) is 5.75 Å². The summed E-state index contributed by atoms with van der Waals surface area (Å²) in [6.45, 7) is 0.0349. The van der Waals surface area contributed by atoms with Gasteiger partial charge in [-0.1, -0.05) is 11.6 Å². The fraction of sp³-hybridized carbons (Fsp3) is 0.333. The van der Waals surface area contributed by atoms with E-state index in [-0.39, 0.29) is 29.2 Å². The summed E-state index contributed by atoms with van der Waals surface area (Å²) in [4.78, 5) is 0.0512. The molecule has 1 unspecified atom stereocenters. The molecule has 2 aromatic carbocycles. The molecule has 3 nitrogen and oxygen atoms in total. The van der Waals surface area contributed by atoms with Crippen LogP contribution in [-0.4, -0.2) is 26.5 Å². The van der Waals surface area contributed by atoms with Gasteiger partial charge in [-0.3, -0.25) is 0 Å². The number of ether oxygens (including phenoxy) is 1. The highest BCUT2D eigenvalue weighted by Gasteiger charge is 2.58. The molecule has 0 spiro atoms. The number of sulfone groups is 1. The summed E-state index contributed by atoms with van der Waals surface area (Å²) in [6.07, 6.45) is 0.198. The first kappa shape index (κ1) is 18.1. The largest absolute Gasteiger partial charge is 0.490 e. The van der Waals surface area contributed by atoms with Crippen LogP contribution in [0.3, 0.4) is 0 Å². The first-order valence-corrected chi connectivity index (χ1v) is 11.1. The van der Waals surface area contributed by atoms with Crippen molar-refractivity contribution in [2.75, 3.05) is 18.1 Å². The second-order valence-corrected chi connectivity index (χ2v) is 10.2. The lowest BCUT2D eigenvalue weighted by atomic mass is 9.81. The third kappa shape index (κ3) is 2.47. The van der Waals surface area contributed by atoms with Crippen LogP contribution in [0.4, 0.5) is 8.78 Å². The summed E-state index contributed by atoms with van der Waals surface area (Å²) in [7, 11) is -4.01. The van der Waals surface area contributed by atoms with Gasteiger partial charge in [-0.15, -0.1) is 0 Å². The quantitative estimate of drug-likeness (QED) is 0.726. The number of thioether (sulfide) groups is 1. The molecule has 8 heteroatoms. The van der Waals surface area contributed by atoms with Crippen molar-refractivity contribution in [3.63, 3.8) is 0 Å². The Balaban J connectivity index is 2.02. The van der Waals surface area contributed by atoms with E-state index in [0.29, 0.717) is 16.5 Å². The van der Waals surface area contributed by atoms with Crippen LogP contribution in [0.2, 0.25) is 5.02 Å². The van der Waals surface area contributed by atoms with E-state index in [1.165, 1.54) is 24.3 Å². The van der Waals surface area contributed by atoms with E-state index < -0.39 is 32.1 Å². The van der Waals surface area contributed by atoms with Crippen molar-refractivity contribution >= 4 is 33.2 Å². The van der Waals surface area contributed by atoms with Crippen LogP contribution in [-0.2, 0) is 14.6 Å². The Morgan fingerprint density at radius 3 is 2.54 bits per heavy atom. The van der Waals surface area contributed by atoms with Gasteiger partial charge in [0.15, 0.2) is 21.4 Å². The standard InChI is InChI=1S/C18H15ClF2O3S2/c19-12-1-3-13(4-2-12)26(22,23)18-7-8-25-10-11(18)9-24-17-15(21)6-5-14(20)16(17)18/h1-6,11H,7-10H2/t11?,18-/m0/s1. The van der Waals surface area contributed by atoms with Gasteiger partial charge in [0.2, 0.25) is 0 Å². The summed E-state index contributed by atoms with van der Waals surface area (Å²) >= 11 is 7.48. The number of fused-ring (bicyclic) bond motifs is 3. The number of hydrogen-bond acceptors (Lipinski definition) is 4. The second kappa shape index (κ2) is 6.39. The van der Waals surface area contributed by atoms with E-state index in [4.69, 9.17) is 16.3 Å². The highest BCUT2D eigenvalue weighted by Crippen LogP contribution is 2.55. The van der Waals surface area contributed by atoms with Gasteiger partial charge in [-0.25, -0.2) is 17.2 Å². The monoisotopic (exact) mass is 416 g/mol. The maximum Gasteiger partial charge on any atom is 0.188 e. The number of benzene rings is 2. The average molecular weight is 417 g/mol. The first-order valence-electron chi connectivity index (χ1n) is 8.07. The minimum Gasteiger partial charge on any atom is -0.490 e. The molecule has 4 rings (SSSR count). The molecule has 138 valence electrons. The van der Waals surface area contributed by atoms with Crippen molar-refractivity contribution in [2.24, 2.45) is 5.92 Å². The normalized spacial score (nSPS) is 25.1. The van der Waals surface area contributed by atoms with Crippen molar-refractivity contribution in [1.82, 2.24) is 0 Å². The highest BCUT2D eigenvalue weighted by atomic mass is 35.5. The highest BCUT2D eigenvalue weighted by molar-refractivity contribution is 7.99.